The van der Waals surface area contributed by atoms with Gasteiger partial charge in [0.15, 0.2) is 0 Å². The summed E-state index contributed by atoms with van der Waals surface area (Å²) in [5, 5.41) is 4.25. The molecule has 1 amide bonds. The monoisotopic (exact) mass is 359 g/mol. The first kappa shape index (κ1) is 17.5. The van der Waals surface area contributed by atoms with E-state index in [2.05, 4.69) is 36.3 Å². The van der Waals surface area contributed by atoms with Crippen molar-refractivity contribution in [2.75, 3.05) is 13.1 Å². The fourth-order valence-corrected chi connectivity index (χ4v) is 3.92. The van der Waals surface area contributed by atoms with E-state index in [4.69, 9.17) is 0 Å². The molecular formula is C23H25N3O. The number of amides is 1. The lowest BCUT2D eigenvalue weighted by Crippen LogP contribution is -2.39. The molecule has 0 unspecified atom stereocenters. The molecule has 1 atom stereocenters. The summed E-state index contributed by atoms with van der Waals surface area (Å²) in [6.45, 7) is 4.44. The van der Waals surface area contributed by atoms with Crippen LogP contribution in [0.3, 0.4) is 0 Å². The zero-order valence-corrected chi connectivity index (χ0v) is 15.7. The van der Waals surface area contributed by atoms with Crippen LogP contribution in [0.2, 0.25) is 0 Å². The molecule has 2 heterocycles. The highest BCUT2D eigenvalue weighted by atomic mass is 16.2. The number of benzene rings is 2. The van der Waals surface area contributed by atoms with Gasteiger partial charge in [0, 0.05) is 37.0 Å². The Labute approximate surface area is 160 Å². The second-order valence-corrected chi connectivity index (χ2v) is 7.41. The average Bonchev–Trinajstić information content (AvgIpc) is 3.21. The first-order valence-corrected chi connectivity index (χ1v) is 9.61. The Bertz CT molecular complexity index is 917. The molecule has 0 saturated carbocycles. The van der Waals surface area contributed by atoms with E-state index in [1.54, 1.807) is 6.20 Å². The summed E-state index contributed by atoms with van der Waals surface area (Å²) >= 11 is 0. The summed E-state index contributed by atoms with van der Waals surface area (Å²) in [6, 6.07) is 18.5. The number of aromatic nitrogens is 2. The summed E-state index contributed by atoms with van der Waals surface area (Å²) in [4.78, 5) is 15.1. The predicted octanol–water partition coefficient (Wildman–Crippen LogP) is 4.26. The number of aryl methyl sites for hydroxylation is 1. The van der Waals surface area contributed by atoms with E-state index in [0.717, 1.165) is 37.1 Å². The molecule has 138 valence electrons. The van der Waals surface area contributed by atoms with Gasteiger partial charge in [-0.15, -0.1) is 0 Å². The number of likely N-dealkylation sites (tertiary alicyclic amines) is 1. The van der Waals surface area contributed by atoms with Crippen molar-refractivity contribution in [3.63, 3.8) is 0 Å². The van der Waals surface area contributed by atoms with Crippen molar-refractivity contribution in [3.8, 4) is 0 Å². The smallest absolute Gasteiger partial charge is 0.253 e. The lowest BCUT2D eigenvalue weighted by molar-refractivity contribution is 0.0707. The molecule has 1 aliphatic rings. The van der Waals surface area contributed by atoms with E-state index in [1.807, 2.05) is 46.1 Å². The van der Waals surface area contributed by atoms with Gasteiger partial charge in [0.25, 0.3) is 5.91 Å². The number of carbonyl (C=O) groups is 1. The van der Waals surface area contributed by atoms with Gasteiger partial charge < -0.3 is 4.90 Å². The molecule has 0 N–H and O–H groups in total. The Morgan fingerprint density at radius 1 is 1.15 bits per heavy atom. The maximum Gasteiger partial charge on any atom is 0.253 e. The van der Waals surface area contributed by atoms with Crippen LogP contribution in [-0.2, 0) is 6.54 Å². The minimum Gasteiger partial charge on any atom is -0.338 e. The molecular weight excluding hydrogens is 334 g/mol. The van der Waals surface area contributed by atoms with Gasteiger partial charge in [-0.3, -0.25) is 9.48 Å². The molecule has 0 radical (unpaired) electrons. The largest absolute Gasteiger partial charge is 0.338 e. The number of piperidine rings is 1. The van der Waals surface area contributed by atoms with Gasteiger partial charge >= 0.3 is 0 Å². The van der Waals surface area contributed by atoms with Crippen LogP contribution in [0.25, 0.3) is 0 Å². The molecule has 0 aliphatic carbocycles. The van der Waals surface area contributed by atoms with Crippen molar-refractivity contribution in [1.82, 2.24) is 14.7 Å². The third kappa shape index (κ3) is 4.11. The zero-order valence-electron chi connectivity index (χ0n) is 15.7. The Morgan fingerprint density at radius 3 is 2.85 bits per heavy atom. The standard InChI is InChI=1S/C23H25N3O/c1-18-6-2-8-20(14-18)22-10-4-12-25(17-22)23(27)21-9-3-7-19(15-21)16-26-13-5-11-24-26/h2-3,5-9,11,13-15,22H,4,10,12,16-17H2,1H3/t22-/m0/s1. The molecule has 1 aliphatic heterocycles. The summed E-state index contributed by atoms with van der Waals surface area (Å²) in [5.41, 5.74) is 4.49. The normalized spacial score (nSPS) is 17.1. The predicted molar refractivity (Wildman–Crippen MR) is 107 cm³/mol. The van der Waals surface area contributed by atoms with Crippen LogP contribution in [0.4, 0.5) is 0 Å². The van der Waals surface area contributed by atoms with Crippen molar-refractivity contribution >= 4 is 5.91 Å². The van der Waals surface area contributed by atoms with Gasteiger partial charge in [-0.1, -0.05) is 42.0 Å². The minimum absolute atomic E-state index is 0.134. The van der Waals surface area contributed by atoms with Crippen molar-refractivity contribution in [1.29, 1.82) is 0 Å². The Balaban J connectivity index is 1.49. The highest BCUT2D eigenvalue weighted by Gasteiger charge is 2.25. The van der Waals surface area contributed by atoms with E-state index >= 15 is 0 Å². The molecule has 1 saturated heterocycles. The second kappa shape index (κ2) is 7.78. The van der Waals surface area contributed by atoms with Gasteiger partial charge in [0.05, 0.1) is 6.54 Å². The van der Waals surface area contributed by atoms with Crippen molar-refractivity contribution < 1.29 is 4.79 Å². The lowest BCUT2D eigenvalue weighted by atomic mass is 9.89. The SMILES string of the molecule is Cc1cccc([C@H]2CCCN(C(=O)c3cccc(Cn4cccn4)c3)C2)c1. The first-order chi connectivity index (χ1) is 13.2. The van der Waals surface area contributed by atoms with Crippen molar-refractivity contribution in [3.05, 3.63) is 89.2 Å². The van der Waals surface area contributed by atoms with Crippen molar-refractivity contribution in [2.24, 2.45) is 0 Å². The van der Waals surface area contributed by atoms with Crippen LogP contribution in [0.5, 0.6) is 0 Å². The molecule has 4 heteroatoms. The van der Waals surface area contributed by atoms with Gasteiger partial charge in [-0.2, -0.15) is 5.10 Å². The summed E-state index contributed by atoms with van der Waals surface area (Å²) < 4.78 is 1.87. The molecule has 0 spiro atoms. The summed E-state index contributed by atoms with van der Waals surface area (Å²) in [7, 11) is 0. The van der Waals surface area contributed by atoms with E-state index < -0.39 is 0 Å². The van der Waals surface area contributed by atoms with Crippen LogP contribution in [0.1, 0.15) is 45.8 Å². The topological polar surface area (TPSA) is 38.1 Å². The number of carbonyl (C=O) groups excluding carboxylic acids is 1. The number of hydrogen-bond donors (Lipinski definition) is 0. The molecule has 27 heavy (non-hydrogen) atoms. The molecule has 3 aromatic rings. The number of rotatable bonds is 4. The molecule has 0 bridgehead atoms. The van der Waals surface area contributed by atoms with E-state index in [0.29, 0.717) is 12.5 Å². The maximum absolute atomic E-state index is 13.1. The quantitative estimate of drug-likeness (QED) is 0.698. The highest BCUT2D eigenvalue weighted by molar-refractivity contribution is 5.94. The third-order valence-corrected chi connectivity index (χ3v) is 5.30. The zero-order chi connectivity index (χ0) is 18.6. The summed E-state index contributed by atoms with van der Waals surface area (Å²) in [5.74, 6) is 0.560. The molecule has 4 nitrogen and oxygen atoms in total. The van der Waals surface area contributed by atoms with Gasteiger partial charge in [0.2, 0.25) is 0 Å². The average molecular weight is 359 g/mol. The summed E-state index contributed by atoms with van der Waals surface area (Å²) in [6.07, 6.45) is 5.91. The molecule has 1 aromatic heterocycles. The highest BCUT2D eigenvalue weighted by Crippen LogP contribution is 2.28. The first-order valence-electron chi connectivity index (χ1n) is 9.61. The van der Waals surface area contributed by atoms with Gasteiger partial charge in [-0.25, -0.2) is 0 Å². The fourth-order valence-electron chi connectivity index (χ4n) is 3.92. The Kier molecular flexibility index (Phi) is 5.05. The molecule has 4 rings (SSSR count). The van der Waals surface area contributed by atoms with E-state index in [-0.39, 0.29) is 5.91 Å². The van der Waals surface area contributed by atoms with Crippen LogP contribution in [0.15, 0.2) is 67.0 Å². The van der Waals surface area contributed by atoms with Crippen LogP contribution in [0, 0.1) is 6.92 Å². The molecule has 2 aromatic carbocycles. The van der Waals surface area contributed by atoms with Crippen LogP contribution < -0.4 is 0 Å². The van der Waals surface area contributed by atoms with Crippen LogP contribution in [-0.4, -0.2) is 33.7 Å². The maximum atomic E-state index is 13.1. The van der Waals surface area contributed by atoms with E-state index in [1.165, 1.54) is 11.1 Å². The molecule has 1 fully saturated rings. The minimum atomic E-state index is 0.134. The third-order valence-electron chi connectivity index (χ3n) is 5.30. The Morgan fingerprint density at radius 2 is 2.04 bits per heavy atom. The second-order valence-electron chi connectivity index (χ2n) is 7.41. The lowest BCUT2D eigenvalue weighted by Gasteiger charge is -2.33. The number of nitrogens with zero attached hydrogens (tertiary/aromatic N) is 3. The van der Waals surface area contributed by atoms with Gasteiger partial charge in [0.1, 0.15) is 0 Å². The van der Waals surface area contributed by atoms with Crippen molar-refractivity contribution in [2.45, 2.75) is 32.2 Å². The van der Waals surface area contributed by atoms with Gasteiger partial charge in [-0.05, 0) is 49.1 Å². The van der Waals surface area contributed by atoms with Crippen LogP contribution >= 0.6 is 0 Å². The Hall–Kier alpha value is -2.88. The van der Waals surface area contributed by atoms with E-state index in [9.17, 15) is 4.79 Å². The fraction of sp³-hybridized carbons (Fsp3) is 0.304. The number of hydrogen-bond acceptors (Lipinski definition) is 2.